The minimum absolute atomic E-state index is 0.219. The smallest absolute Gasteiger partial charge is 0.333 e. The van der Waals surface area contributed by atoms with Crippen molar-refractivity contribution in [2.45, 2.75) is 20.5 Å². The summed E-state index contributed by atoms with van der Waals surface area (Å²) in [4.78, 5) is 26.7. The summed E-state index contributed by atoms with van der Waals surface area (Å²) < 4.78 is 9.06. The summed E-state index contributed by atoms with van der Waals surface area (Å²) in [6.45, 7) is 4.47. The minimum atomic E-state index is -0.494. The molecule has 0 atom stereocenters. The zero-order chi connectivity index (χ0) is 26.1. The Hall–Kier alpha value is -3.81. The number of imide groups is 1. The molecule has 1 aliphatic heterocycles. The summed E-state index contributed by atoms with van der Waals surface area (Å²) >= 11 is 9.38. The number of nitrogens with one attached hydrogen (secondary N) is 1. The zero-order valence-corrected chi connectivity index (χ0v) is 22.5. The van der Waals surface area contributed by atoms with Crippen molar-refractivity contribution in [3.05, 3.63) is 117 Å². The Balaban J connectivity index is 1.34. The van der Waals surface area contributed by atoms with Crippen LogP contribution in [0.2, 0.25) is 5.02 Å². The van der Waals surface area contributed by atoms with Crippen molar-refractivity contribution >= 4 is 51.2 Å². The number of aromatic nitrogens is 1. The lowest BCUT2D eigenvalue weighted by Crippen LogP contribution is -2.30. The molecule has 37 heavy (non-hydrogen) atoms. The van der Waals surface area contributed by atoms with E-state index < -0.39 is 11.9 Å². The Kier molecular flexibility index (Phi) is 6.91. The third-order valence-corrected chi connectivity index (χ3v) is 6.93. The first-order chi connectivity index (χ1) is 17.8. The van der Waals surface area contributed by atoms with Gasteiger partial charge in [0.2, 0.25) is 0 Å². The number of nitrogens with zero attached hydrogens (tertiary/aromatic N) is 2. The van der Waals surface area contributed by atoms with E-state index >= 15 is 0 Å². The molecular weight excluding hydrogens is 554 g/mol. The van der Waals surface area contributed by atoms with Crippen molar-refractivity contribution in [1.29, 1.82) is 0 Å². The maximum Gasteiger partial charge on any atom is 0.333 e. The lowest BCUT2D eigenvalue weighted by atomic mass is 10.2. The molecule has 2 heterocycles. The van der Waals surface area contributed by atoms with E-state index in [4.69, 9.17) is 16.3 Å². The molecule has 5 rings (SSSR count). The number of benzene rings is 3. The van der Waals surface area contributed by atoms with Crippen molar-refractivity contribution in [2.24, 2.45) is 0 Å². The van der Waals surface area contributed by atoms with Gasteiger partial charge in [-0.2, -0.15) is 0 Å². The molecule has 1 saturated heterocycles. The van der Waals surface area contributed by atoms with Crippen LogP contribution in [-0.2, 0) is 11.4 Å². The van der Waals surface area contributed by atoms with Gasteiger partial charge < -0.3 is 14.6 Å². The second kappa shape index (κ2) is 10.3. The molecule has 1 aliphatic rings. The molecule has 1 aromatic heterocycles. The molecule has 0 spiro atoms. The van der Waals surface area contributed by atoms with Crippen LogP contribution in [-0.4, -0.2) is 16.5 Å². The number of aryl methyl sites for hydroxylation is 1. The standard InChI is InChI=1S/C29H23BrClN3O3/c1-18-15-21(16-27-28(35)34(29(36)32-27)25-9-7-23(31)8-10-25)19(2)33(18)24-11-13-26(14-12-24)37-17-20-3-5-22(30)6-4-20/h3-16H,17H2,1-2H3,(H,32,36)/b27-16+. The van der Waals surface area contributed by atoms with E-state index in [0.29, 0.717) is 17.3 Å². The summed E-state index contributed by atoms with van der Waals surface area (Å²) in [6.07, 6.45) is 1.71. The average Bonchev–Trinajstić information content (AvgIpc) is 3.33. The molecule has 8 heteroatoms. The summed E-state index contributed by atoms with van der Waals surface area (Å²) in [6, 6.07) is 24.0. The highest BCUT2D eigenvalue weighted by molar-refractivity contribution is 9.10. The quantitative estimate of drug-likeness (QED) is 0.195. The number of anilines is 1. The highest BCUT2D eigenvalue weighted by Gasteiger charge is 2.35. The number of carbonyl (C=O) groups excluding carboxylic acids is 2. The number of urea groups is 1. The van der Waals surface area contributed by atoms with Gasteiger partial charge >= 0.3 is 6.03 Å². The largest absolute Gasteiger partial charge is 0.489 e. The Morgan fingerprint density at radius 2 is 1.57 bits per heavy atom. The summed E-state index contributed by atoms with van der Waals surface area (Å²) in [5.41, 5.74) is 5.53. The van der Waals surface area contributed by atoms with Gasteiger partial charge in [0.25, 0.3) is 5.91 Å². The van der Waals surface area contributed by atoms with Crippen LogP contribution in [0.5, 0.6) is 5.75 Å². The summed E-state index contributed by atoms with van der Waals surface area (Å²) in [5.74, 6) is 0.363. The van der Waals surface area contributed by atoms with E-state index in [-0.39, 0.29) is 5.70 Å². The van der Waals surface area contributed by atoms with Gasteiger partial charge in [0.1, 0.15) is 18.1 Å². The molecule has 186 valence electrons. The van der Waals surface area contributed by atoms with Crippen molar-refractivity contribution in [1.82, 2.24) is 9.88 Å². The Morgan fingerprint density at radius 3 is 2.24 bits per heavy atom. The van der Waals surface area contributed by atoms with Gasteiger partial charge in [-0.15, -0.1) is 0 Å². The van der Waals surface area contributed by atoms with Crippen LogP contribution in [0, 0.1) is 13.8 Å². The van der Waals surface area contributed by atoms with E-state index in [2.05, 4.69) is 25.8 Å². The van der Waals surface area contributed by atoms with Gasteiger partial charge in [0, 0.05) is 26.6 Å². The number of halogens is 2. The van der Waals surface area contributed by atoms with Crippen LogP contribution in [0.1, 0.15) is 22.5 Å². The molecule has 0 radical (unpaired) electrons. The Morgan fingerprint density at radius 1 is 0.919 bits per heavy atom. The van der Waals surface area contributed by atoms with Crippen LogP contribution >= 0.6 is 27.5 Å². The van der Waals surface area contributed by atoms with E-state index in [1.54, 1.807) is 30.3 Å². The number of rotatable bonds is 6. The highest BCUT2D eigenvalue weighted by atomic mass is 79.9. The molecule has 0 saturated carbocycles. The maximum absolute atomic E-state index is 13.0. The Labute approximate surface area is 228 Å². The molecular formula is C29H23BrClN3O3. The van der Waals surface area contributed by atoms with Crippen molar-refractivity contribution in [3.8, 4) is 11.4 Å². The first kappa shape index (κ1) is 24.9. The van der Waals surface area contributed by atoms with Gasteiger partial charge in [0.05, 0.1) is 5.69 Å². The first-order valence-electron chi connectivity index (χ1n) is 11.6. The number of ether oxygens (including phenoxy) is 1. The highest BCUT2D eigenvalue weighted by Crippen LogP contribution is 2.27. The normalized spacial score (nSPS) is 14.4. The SMILES string of the molecule is Cc1cc(/C=C2/NC(=O)N(c3ccc(Cl)cc3)C2=O)c(C)n1-c1ccc(OCc2ccc(Br)cc2)cc1. The van der Waals surface area contributed by atoms with Crippen LogP contribution in [0.15, 0.2) is 89.0 Å². The van der Waals surface area contributed by atoms with E-state index in [9.17, 15) is 9.59 Å². The minimum Gasteiger partial charge on any atom is -0.489 e. The fourth-order valence-electron chi connectivity index (χ4n) is 4.29. The molecule has 0 bridgehead atoms. The predicted molar refractivity (Wildman–Crippen MR) is 149 cm³/mol. The molecule has 1 fully saturated rings. The second-order valence-corrected chi connectivity index (χ2v) is 10.0. The molecule has 4 aromatic rings. The van der Waals surface area contributed by atoms with Gasteiger partial charge in [-0.05, 0) is 97.8 Å². The fourth-order valence-corrected chi connectivity index (χ4v) is 4.68. The summed E-state index contributed by atoms with van der Waals surface area (Å²) in [5, 5.41) is 3.22. The van der Waals surface area contributed by atoms with E-state index in [1.165, 1.54) is 0 Å². The van der Waals surface area contributed by atoms with Crippen LogP contribution in [0.4, 0.5) is 10.5 Å². The number of hydrogen-bond acceptors (Lipinski definition) is 3. The van der Waals surface area contributed by atoms with E-state index in [1.807, 2.05) is 68.4 Å². The first-order valence-corrected chi connectivity index (χ1v) is 12.8. The van der Waals surface area contributed by atoms with E-state index in [0.717, 1.165) is 43.3 Å². The fraction of sp³-hybridized carbons (Fsp3) is 0.103. The van der Waals surface area contributed by atoms with Gasteiger partial charge in [-0.25, -0.2) is 9.69 Å². The molecule has 3 amide bonds. The molecule has 0 aliphatic carbocycles. The monoisotopic (exact) mass is 575 g/mol. The third kappa shape index (κ3) is 5.19. The van der Waals surface area contributed by atoms with Crippen molar-refractivity contribution in [2.75, 3.05) is 4.90 Å². The number of carbonyl (C=O) groups is 2. The lowest BCUT2D eigenvalue weighted by molar-refractivity contribution is -0.113. The van der Waals surface area contributed by atoms with Gasteiger partial charge in [-0.1, -0.05) is 39.7 Å². The van der Waals surface area contributed by atoms with Crippen molar-refractivity contribution < 1.29 is 14.3 Å². The Bertz CT molecular complexity index is 1510. The third-order valence-electron chi connectivity index (χ3n) is 6.15. The predicted octanol–water partition coefficient (Wildman–Crippen LogP) is 7.19. The molecule has 3 aromatic carbocycles. The maximum atomic E-state index is 13.0. The van der Waals surface area contributed by atoms with Gasteiger partial charge in [-0.3, -0.25) is 4.79 Å². The lowest BCUT2D eigenvalue weighted by Gasteiger charge is -2.12. The number of hydrogen-bond donors (Lipinski definition) is 1. The van der Waals surface area contributed by atoms with Crippen molar-refractivity contribution in [3.63, 3.8) is 0 Å². The topological polar surface area (TPSA) is 63.6 Å². The molecule has 1 N–H and O–H groups in total. The van der Waals surface area contributed by atoms with Crippen LogP contribution < -0.4 is 15.0 Å². The molecule has 6 nitrogen and oxygen atoms in total. The van der Waals surface area contributed by atoms with Crippen LogP contribution in [0.25, 0.3) is 11.8 Å². The zero-order valence-electron chi connectivity index (χ0n) is 20.2. The average molecular weight is 577 g/mol. The second-order valence-electron chi connectivity index (χ2n) is 8.68. The molecule has 0 unspecified atom stereocenters. The van der Waals surface area contributed by atoms with Gasteiger partial charge in [0.15, 0.2) is 0 Å². The summed E-state index contributed by atoms with van der Waals surface area (Å²) in [7, 11) is 0. The number of amides is 3. The van der Waals surface area contributed by atoms with Crippen LogP contribution in [0.3, 0.4) is 0 Å².